The predicted molar refractivity (Wildman–Crippen MR) is 66.1 cm³/mol. The molecule has 0 bridgehead atoms. The molecule has 1 aromatic rings. The van der Waals surface area contributed by atoms with Crippen molar-refractivity contribution in [1.82, 2.24) is 15.5 Å². The minimum Gasteiger partial charge on any atom is -0.309 e. The summed E-state index contributed by atoms with van der Waals surface area (Å²) < 4.78 is 0. The third-order valence-electron chi connectivity index (χ3n) is 4.94. The fourth-order valence-corrected chi connectivity index (χ4v) is 2.76. The van der Waals surface area contributed by atoms with E-state index < -0.39 is 0 Å². The first-order valence-electron chi connectivity index (χ1n) is 6.10. The number of aromatic amines is 1. The quantitative estimate of drug-likeness (QED) is 0.820. The molecule has 0 aliphatic heterocycles. The summed E-state index contributed by atoms with van der Waals surface area (Å²) in [5.74, 6) is 0.769. The van der Waals surface area contributed by atoms with E-state index in [1.165, 1.54) is 0 Å². The van der Waals surface area contributed by atoms with Crippen LogP contribution in [0.3, 0.4) is 0 Å². The van der Waals surface area contributed by atoms with Gasteiger partial charge in [-0.3, -0.25) is 5.10 Å². The molecule has 0 spiro atoms. The lowest BCUT2D eigenvalue weighted by molar-refractivity contribution is 0.457. The lowest BCUT2D eigenvalue weighted by Gasteiger charge is -2.12. The summed E-state index contributed by atoms with van der Waals surface area (Å²) in [7, 11) is 0. The van der Waals surface area contributed by atoms with Gasteiger partial charge in [0.1, 0.15) is 0 Å². The number of rotatable bonds is 4. The average Bonchev–Trinajstić information content (AvgIpc) is 2.66. The van der Waals surface area contributed by atoms with Crippen molar-refractivity contribution in [2.45, 2.75) is 40.7 Å². The number of nitrogens with one attached hydrogen (secondary N) is 2. The maximum absolute atomic E-state index is 3.98. The third-order valence-corrected chi connectivity index (χ3v) is 4.94. The Bertz CT molecular complexity index is 337. The lowest BCUT2D eigenvalue weighted by Crippen LogP contribution is -2.23. The van der Waals surface area contributed by atoms with Crippen LogP contribution in [-0.4, -0.2) is 16.7 Å². The molecule has 1 aliphatic carbocycles. The van der Waals surface area contributed by atoms with E-state index in [1.54, 1.807) is 6.20 Å². The molecule has 3 heteroatoms. The molecule has 3 nitrogen and oxygen atoms in total. The number of nitrogens with zero attached hydrogens (tertiary/aromatic N) is 1. The van der Waals surface area contributed by atoms with Crippen molar-refractivity contribution in [2.24, 2.45) is 16.7 Å². The topological polar surface area (TPSA) is 40.7 Å². The predicted octanol–water partition coefficient (Wildman–Crippen LogP) is 2.74. The summed E-state index contributed by atoms with van der Waals surface area (Å²) in [6, 6.07) is 2.38. The van der Waals surface area contributed by atoms with Gasteiger partial charge in [0.05, 0.1) is 5.69 Å². The largest absolute Gasteiger partial charge is 0.309 e. The molecule has 1 saturated carbocycles. The highest BCUT2D eigenvalue weighted by Crippen LogP contribution is 2.67. The average molecular weight is 221 g/mol. The van der Waals surface area contributed by atoms with Gasteiger partial charge in [-0.05, 0) is 36.3 Å². The minimum absolute atomic E-state index is 0.356. The highest BCUT2D eigenvalue weighted by molar-refractivity contribution is 5.13. The van der Waals surface area contributed by atoms with E-state index in [9.17, 15) is 0 Å². The van der Waals surface area contributed by atoms with Crippen molar-refractivity contribution in [3.63, 3.8) is 0 Å². The second-order valence-electron chi connectivity index (χ2n) is 6.14. The standard InChI is InChI=1S/C13H23N3/c1-9(10-6-7-15-16-10)14-8-11-12(2,3)13(11,4)5/h6-7,9,11,14H,8H2,1-5H3,(H,15,16). The number of H-pyrrole nitrogens is 1. The molecule has 0 aromatic carbocycles. The normalized spacial score (nSPS) is 24.3. The smallest absolute Gasteiger partial charge is 0.0518 e. The van der Waals surface area contributed by atoms with Gasteiger partial charge in [0.15, 0.2) is 0 Å². The molecule has 1 aromatic heterocycles. The second-order valence-corrected chi connectivity index (χ2v) is 6.14. The van der Waals surface area contributed by atoms with Crippen LogP contribution >= 0.6 is 0 Å². The van der Waals surface area contributed by atoms with Crippen molar-refractivity contribution in [2.75, 3.05) is 6.54 Å². The maximum Gasteiger partial charge on any atom is 0.0518 e. The Hall–Kier alpha value is -0.830. The van der Waals surface area contributed by atoms with E-state index >= 15 is 0 Å². The second kappa shape index (κ2) is 3.59. The van der Waals surface area contributed by atoms with Crippen LogP contribution in [0.4, 0.5) is 0 Å². The van der Waals surface area contributed by atoms with Crippen LogP contribution in [0.5, 0.6) is 0 Å². The van der Waals surface area contributed by atoms with Crippen LogP contribution in [0.25, 0.3) is 0 Å². The Morgan fingerprint density at radius 3 is 2.44 bits per heavy atom. The zero-order valence-corrected chi connectivity index (χ0v) is 11.0. The first-order chi connectivity index (χ1) is 7.37. The van der Waals surface area contributed by atoms with Gasteiger partial charge in [-0.2, -0.15) is 5.10 Å². The Kier molecular flexibility index (Phi) is 2.61. The highest BCUT2D eigenvalue weighted by atomic mass is 15.1. The molecule has 1 fully saturated rings. The fourth-order valence-electron chi connectivity index (χ4n) is 2.76. The summed E-state index contributed by atoms with van der Waals surface area (Å²) in [4.78, 5) is 0. The van der Waals surface area contributed by atoms with Gasteiger partial charge in [-0.25, -0.2) is 0 Å². The van der Waals surface area contributed by atoms with Gasteiger partial charge in [-0.15, -0.1) is 0 Å². The summed E-state index contributed by atoms with van der Waals surface area (Å²) in [5.41, 5.74) is 2.10. The first kappa shape index (κ1) is 11.6. The number of hydrogen-bond donors (Lipinski definition) is 2. The van der Waals surface area contributed by atoms with Crippen LogP contribution < -0.4 is 5.32 Å². The molecule has 1 aliphatic rings. The Labute approximate surface area is 98.0 Å². The molecule has 1 unspecified atom stereocenters. The van der Waals surface area contributed by atoms with Gasteiger partial charge in [0.25, 0.3) is 0 Å². The Morgan fingerprint density at radius 1 is 1.38 bits per heavy atom. The van der Waals surface area contributed by atoms with Crippen LogP contribution in [0.1, 0.15) is 46.4 Å². The maximum atomic E-state index is 3.98. The van der Waals surface area contributed by atoms with Gasteiger partial charge in [-0.1, -0.05) is 27.7 Å². The zero-order chi connectivity index (χ0) is 12.0. The molecular formula is C13H23N3. The van der Waals surface area contributed by atoms with Crippen molar-refractivity contribution in [1.29, 1.82) is 0 Å². The summed E-state index contributed by atoms with van der Waals surface area (Å²) in [5, 5.41) is 10.6. The highest BCUT2D eigenvalue weighted by Gasteiger charge is 2.63. The minimum atomic E-state index is 0.356. The van der Waals surface area contributed by atoms with E-state index in [4.69, 9.17) is 0 Å². The van der Waals surface area contributed by atoms with Crippen molar-refractivity contribution >= 4 is 0 Å². The summed E-state index contributed by atoms with van der Waals surface area (Å²) >= 11 is 0. The lowest BCUT2D eigenvalue weighted by atomic mass is 10.0. The van der Waals surface area contributed by atoms with Crippen molar-refractivity contribution < 1.29 is 0 Å². The van der Waals surface area contributed by atoms with Crippen molar-refractivity contribution in [3.8, 4) is 0 Å². The monoisotopic (exact) mass is 221 g/mol. The molecular weight excluding hydrogens is 198 g/mol. The zero-order valence-electron chi connectivity index (χ0n) is 11.0. The molecule has 2 rings (SSSR count). The van der Waals surface area contributed by atoms with Crippen LogP contribution in [-0.2, 0) is 0 Å². The molecule has 0 saturated heterocycles. The molecule has 0 amide bonds. The molecule has 1 heterocycles. The Balaban J connectivity index is 1.86. The van der Waals surface area contributed by atoms with Crippen LogP contribution in [0, 0.1) is 16.7 Å². The molecule has 90 valence electrons. The van der Waals surface area contributed by atoms with E-state index in [-0.39, 0.29) is 0 Å². The van der Waals surface area contributed by atoms with Gasteiger partial charge in [0, 0.05) is 12.2 Å². The molecule has 0 radical (unpaired) electrons. The molecule has 16 heavy (non-hydrogen) atoms. The fraction of sp³-hybridized carbons (Fsp3) is 0.769. The summed E-state index contributed by atoms with van der Waals surface area (Å²) in [6.45, 7) is 12.7. The van der Waals surface area contributed by atoms with E-state index in [0.717, 1.165) is 18.2 Å². The van der Waals surface area contributed by atoms with E-state index in [1.807, 2.05) is 6.07 Å². The van der Waals surface area contributed by atoms with E-state index in [2.05, 4.69) is 50.1 Å². The van der Waals surface area contributed by atoms with Gasteiger partial charge in [0.2, 0.25) is 0 Å². The molecule has 1 atom stereocenters. The summed E-state index contributed by atoms with van der Waals surface area (Å²) in [6.07, 6.45) is 1.80. The number of hydrogen-bond acceptors (Lipinski definition) is 2. The van der Waals surface area contributed by atoms with E-state index in [0.29, 0.717) is 16.9 Å². The van der Waals surface area contributed by atoms with Crippen LogP contribution in [0.2, 0.25) is 0 Å². The van der Waals surface area contributed by atoms with Crippen molar-refractivity contribution in [3.05, 3.63) is 18.0 Å². The van der Waals surface area contributed by atoms with Gasteiger partial charge < -0.3 is 5.32 Å². The molecule has 2 N–H and O–H groups in total. The Morgan fingerprint density at radius 2 is 2.00 bits per heavy atom. The van der Waals surface area contributed by atoms with Gasteiger partial charge >= 0.3 is 0 Å². The van der Waals surface area contributed by atoms with Crippen LogP contribution in [0.15, 0.2) is 12.3 Å². The SMILES string of the molecule is CC(NCC1C(C)(C)C1(C)C)c1ccn[nH]1. The third kappa shape index (κ3) is 1.67. The number of aromatic nitrogens is 2. The first-order valence-corrected chi connectivity index (χ1v) is 6.10.